The van der Waals surface area contributed by atoms with E-state index in [1.165, 1.54) is 12.4 Å². The van der Waals surface area contributed by atoms with Crippen LogP contribution in [0.2, 0.25) is 5.02 Å². The molecule has 0 aliphatic rings. The fourth-order valence-corrected chi connectivity index (χ4v) is 1.14. The first-order valence-electron chi connectivity index (χ1n) is 4.74. The summed E-state index contributed by atoms with van der Waals surface area (Å²) in [5.41, 5.74) is 0.00625. The summed E-state index contributed by atoms with van der Waals surface area (Å²) in [4.78, 5) is 17.2. The predicted molar refractivity (Wildman–Crippen MR) is 65.3 cm³/mol. The Bertz CT molecular complexity index is 473. The molecule has 0 radical (unpaired) electrons. The molecule has 0 bridgehead atoms. The van der Waals surface area contributed by atoms with Gasteiger partial charge in [0.25, 0.3) is 5.91 Å². The summed E-state index contributed by atoms with van der Waals surface area (Å²) in [5.74, 6) is -0.157. The van der Waals surface area contributed by atoms with E-state index in [1.807, 2.05) is 6.07 Å². The minimum absolute atomic E-state index is 0.00625. The Morgan fingerprint density at radius 1 is 1.59 bits per heavy atom. The lowest BCUT2D eigenvalue weighted by Gasteiger charge is -2.07. The van der Waals surface area contributed by atoms with Crippen molar-refractivity contribution in [3.8, 4) is 6.07 Å². The zero-order chi connectivity index (χ0) is 12.8. The van der Waals surface area contributed by atoms with Gasteiger partial charge in [-0.05, 0) is 12.1 Å². The van der Waals surface area contributed by atoms with E-state index < -0.39 is 5.91 Å². The highest BCUT2D eigenvalue weighted by atomic mass is 35.5. The van der Waals surface area contributed by atoms with Gasteiger partial charge < -0.3 is 10.2 Å². The Morgan fingerprint density at radius 2 is 2.29 bits per heavy atom. The lowest BCUT2D eigenvalue weighted by atomic mass is 10.3. The Balaban J connectivity index is 2.79. The number of nitrogens with one attached hydrogen (secondary N) is 1. The average molecular weight is 251 g/mol. The van der Waals surface area contributed by atoms with E-state index in [0.717, 1.165) is 0 Å². The van der Waals surface area contributed by atoms with Crippen LogP contribution in [0.15, 0.2) is 30.1 Å². The number of pyridine rings is 1. The minimum atomic E-state index is -0.504. The molecule has 1 amide bonds. The van der Waals surface area contributed by atoms with E-state index in [2.05, 4.69) is 10.3 Å². The number of nitrogens with zero attached hydrogens (tertiary/aromatic N) is 3. The molecule has 0 unspecified atom stereocenters. The molecule has 88 valence electrons. The summed E-state index contributed by atoms with van der Waals surface area (Å²) in [6, 6.07) is 4.98. The highest BCUT2D eigenvalue weighted by Gasteiger charge is 2.09. The molecule has 1 heterocycles. The maximum atomic E-state index is 11.7. The summed E-state index contributed by atoms with van der Waals surface area (Å²) in [7, 11) is 3.45. The number of carbonyl (C=O) groups excluding carboxylic acids is 1. The molecule has 1 N–H and O–H groups in total. The van der Waals surface area contributed by atoms with Crippen molar-refractivity contribution in [3.05, 3.63) is 35.1 Å². The first-order chi connectivity index (χ1) is 8.02. The molecule has 1 rings (SSSR count). The van der Waals surface area contributed by atoms with Crippen LogP contribution in [0.1, 0.15) is 0 Å². The molecule has 0 saturated heterocycles. The van der Waals surface area contributed by atoms with Gasteiger partial charge >= 0.3 is 0 Å². The highest BCUT2D eigenvalue weighted by Crippen LogP contribution is 2.10. The average Bonchev–Trinajstić information content (AvgIpc) is 2.28. The van der Waals surface area contributed by atoms with Crippen LogP contribution < -0.4 is 5.32 Å². The van der Waals surface area contributed by atoms with E-state index in [4.69, 9.17) is 16.9 Å². The van der Waals surface area contributed by atoms with Gasteiger partial charge in [0.1, 0.15) is 17.5 Å². The van der Waals surface area contributed by atoms with Crippen LogP contribution >= 0.6 is 11.6 Å². The highest BCUT2D eigenvalue weighted by molar-refractivity contribution is 6.30. The van der Waals surface area contributed by atoms with Crippen LogP contribution in [0.5, 0.6) is 0 Å². The lowest BCUT2D eigenvalue weighted by Crippen LogP contribution is -2.16. The third-order valence-corrected chi connectivity index (χ3v) is 1.94. The van der Waals surface area contributed by atoms with Gasteiger partial charge in [-0.3, -0.25) is 4.79 Å². The number of carbonyl (C=O) groups is 1. The van der Waals surface area contributed by atoms with Crippen molar-refractivity contribution < 1.29 is 4.79 Å². The topological polar surface area (TPSA) is 69.0 Å². The Morgan fingerprint density at radius 3 is 2.76 bits per heavy atom. The second kappa shape index (κ2) is 5.87. The van der Waals surface area contributed by atoms with Gasteiger partial charge in [-0.1, -0.05) is 11.6 Å². The van der Waals surface area contributed by atoms with Crippen molar-refractivity contribution in [2.45, 2.75) is 0 Å². The summed E-state index contributed by atoms with van der Waals surface area (Å²) in [6.07, 6.45) is 2.85. The second-order valence-corrected chi connectivity index (χ2v) is 3.87. The Hall–Kier alpha value is -2.06. The van der Waals surface area contributed by atoms with Crippen LogP contribution in [0.3, 0.4) is 0 Å². The van der Waals surface area contributed by atoms with Gasteiger partial charge in [0.05, 0.1) is 5.02 Å². The fraction of sp³-hybridized carbons (Fsp3) is 0.182. The second-order valence-electron chi connectivity index (χ2n) is 3.43. The maximum Gasteiger partial charge on any atom is 0.268 e. The fourth-order valence-electron chi connectivity index (χ4n) is 1.03. The van der Waals surface area contributed by atoms with Crippen molar-refractivity contribution in [3.63, 3.8) is 0 Å². The smallest absolute Gasteiger partial charge is 0.268 e. The van der Waals surface area contributed by atoms with Gasteiger partial charge in [0.15, 0.2) is 0 Å². The van der Waals surface area contributed by atoms with Crippen LogP contribution in [0.4, 0.5) is 5.82 Å². The van der Waals surface area contributed by atoms with Crippen LogP contribution in [0.25, 0.3) is 0 Å². The van der Waals surface area contributed by atoms with E-state index in [0.29, 0.717) is 10.8 Å². The van der Waals surface area contributed by atoms with Crippen molar-refractivity contribution in [1.29, 1.82) is 5.26 Å². The molecule has 1 aromatic heterocycles. The molecular weight excluding hydrogens is 240 g/mol. The van der Waals surface area contributed by atoms with Gasteiger partial charge in [0, 0.05) is 26.5 Å². The van der Waals surface area contributed by atoms with Gasteiger partial charge in [-0.2, -0.15) is 5.26 Å². The summed E-state index contributed by atoms with van der Waals surface area (Å²) >= 11 is 5.66. The number of anilines is 1. The quantitative estimate of drug-likeness (QED) is 0.654. The van der Waals surface area contributed by atoms with E-state index in [1.54, 1.807) is 31.1 Å². The van der Waals surface area contributed by atoms with Crippen LogP contribution in [-0.2, 0) is 4.79 Å². The van der Waals surface area contributed by atoms with E-state index in [9.17, 15) is 4.79 Å². The van der Waals surface area contributed by atoms with Gasteiger partial charge in [-0.25, -0.2) is 4.98 Å². The molecule has 0 aromatic carbocycles. The number of halogens is 1. The largest absolute Gasteiger partial charge is 0.382 e. The molecule has 0 fully saturated rings. The van der Waals surface area contributed by atoms with Crippen molar-refractivity contribution >= 4 is 23.3 Å². The molecule has 0 saturated carbocycles. The molecule has 0 spiro atoms. The molecular formula is C11H11ClN4O. The van der Waals surface area contributed by atoms with E-state index >= 15 is 0 Å². The predicted octanol–water partition coefficient (Wildman–Crippen LogP) is 1.64. The number of hydrogen-bond acceptors (Lipinski definition) is 4. The summed E-state index contributed by atoms with van der Waals surface area (Å²) < 4.78 is 0. The molecule has 1 aromatic rings. The zero-order valence-corrected chi connectivity index (χ0v) is 10.2. The Kier molecular flexibility index (Phi) is 4.49. The van der Waals surface area contributed by atoms with Crippen molar-refractivity contribution in [1.82, 2.24) is 9.88 Å². The molecule has 5 nitrogen and oxygen atoms in total. The number of rotatable bonds is 3. The number of hydrogen-bond donors (Lipinski definition) is 1. The van der Waals surface area contributed by atoms with Crippen LogP contribution in [-0.4, -0.2) is 29.9 Å². The molecule has 0 aliphatic heterocycles. The lowest BCUT2D eigenvalue weighted by molar-refractivity contribution is -0.112. The maximum absolute atomic E-state index is 11.7. The van der Waals surface area contributed by atoms with Crippen molar-refractivity contribution in [2.75, 3.05) is 19.4 Å². The molecule has 0 aliphatic carbocycles. The van der Waals surface area contributed by atoms with Crippen molar-refractivity contribution in [2.24, 2.45) is 0 Å². The molecule has 17 heavy (non-hydrogen) atoms. The third-order valence-electron chi connectivity index (χ3n) is 1.72. The van der Waals surface area contributed by atoms with Gasteiger partial charge in [0.2, 0.25) is 0 Å². The minimum Gasteiger partial charge on any atom is -0.382 e. The third kappa shape index (κ3) is 4.13. The Labute approximate surface area is 104 Å². The standard InChI is InChI=1S/C11H11ClN4O/c1-16(2)7-8(5-13)11(17)15-10-4-3-9(12)6-14-10/h3-4,6-7H,1-2H3,(H,14,15,17). The first kappa shape index (κ1) is 13.0. The SMILES string of the molecule is CN(C)C=C(C#N)C(=O)Nc1ccc(Cl)cn1. The number of amides is 1. The molecule has 6 heteroatoms. The normalized spacial score (nSPS) is 10.6. The van der Waals surface area contributed by atoms with Crippen LogP contribution in [0, 0.1) is 11.3 Å². The summed E-state index contributed by atoms with van der Waals surface area (Å²) in [6.45, 7) is 0. The molecule has 0 atom stereocenters. The van der Waals surface area contributed by atoms with E-state index in [-0.39, 0.29) is 5.57 Å². The zero-order valence-electron chi connectivity index (χ0n) is 9.44. The first-order valence-corrected chi connectivity index (χ1v) is 5.12. The van der Waals surface area contributed by atoms with Gasteiger partial charge in [-0.15, -0.1) is 0 Å². The summed E-state index contributed by atoms with van der Waals surface area (Å²) in [5, 5.41) is 11.8. The monoisotopic (exact) mass is 250 g/mol. The number of aromatic nitrogens is 1. The number of nitriles is 1.